The van der Waals surface area contributed by atoms with Gasteiger partial charge >= 0.3 is 11.9 Å². The molecule has 1 aliphatic heterocycles. The summed E-state index contributed by atoms with van der Waals surface area (Å²) in [4.78, 5) is 43.1. The average Bonchev–Trinajstić information content (AvgIpc) is 2.80. The van der Waals surface area contributed by atoms with E-state index >= 15 is 0 Å². The number of carbonyl (C=O) groups excluding carboxylic acids is 1. The number of nitrogens with zero attached hydrogens (tertiary/aromatic N) is 4. The van der Waals surface area contributed by atoms with Crippen LogP contribution in [0.5, 0.6) is 0 Å². The third-order valence-corrected chi connectivity index (χ3v) is 5.85. The Hall–Kier alpha value is -1.83. The van der Waals surface area contributed by atoms with Gasteiger partial charge < -0.3 is 29.9 Å². The van der Waals surface area contributed by atoms with Gasteiger partial charge in [-0.2, -0.15) is 0 Å². The fraction of sp³-hybridized carbons (Fsp3) is 0.875. The molecule has 0 atom stereocenters. The number of carbonyl (C=O) groups is 3. The maximum absolute atomic E-state index is 12.5. The molecule has 0 bridgehead atoms. The first kappa shape index (κ1) is 32.2. The van der Waals surface area contributed by atoms with Crippen LogP contribution in [0.1, 0.15) is 20.8 Å². The van der Waals surface area contributed by atoms with Crippen molar-refractivity contribution in [3.63, 3.8) is 0 Å². The van der Waals surface area contributed by atoms with Crippen LogP contribution in [-0.4, -0.2) is 159 Å². The number of rotatable bonds is 15. The minimum Gasteiger partial charge on any atom is -0.480 e. The molecule has 210 valence electrons. The molecule has 0 saturated carbocycles. The summed E-state index contributed by atoms with van der Waals surface area (Å²) in [6.07, 6.45) is 0. The summed E-state index contributed by atoms with van der Waals surface area (Å²) in [5.41, 5.74) is 0. The molecule has 0 aromatic heterocycles. The van der Waals surface area contributed by atoms with E-state index in [2.05, 4.69) is 31.0 Å². The quantitative estimate of drug-likeness (QED) is 0.236. The first-order chi connectivity index (χ1) is 17.2. The molecule has 36 heavy (non-hydrogen) atoms. The molecule has 12 heteroatoms. The monoisotopic (exact) mass is 517 g/mol. The molecule has 1 rings (SSSR count). The summed E-state index contributed by atoms with van der Waals surface area (Å²) in [5, 5.41) is 21.4. The maximum atomic E-state index is 12.5. The summed E-state index contributed by atoms with van der Waals surface area (Å²) in [6.45, 7) is 14.3. The molecular weight excluding hydrogens is 470 g/mol. The van der Waals surface area contributed by atoms with E-state index in [9.17, 15) is 24.6 Å². The van der Waals surface area contributed by atoms with E-state index in [1.54, 1.807) is 4.90 Å². The molecular formula is C24H47N5O7. The molecule has 0 aromatic rings. The lowest BCUT2D eigenvalue weighted by Gasteiger charge is -2.33. The molecule has 0 radical (unpaired) electrons. The Bertz CT molecular complexity index is 638. The van der Waals surface area contributed by atoms with Crippen molar-refractivity contribution >= 4 is 17.8 Å². The standard InChI is InChI=1S/C24H47N5O7/c1-4-26-6-8-27(17-22(30)25-5-14-35-15-16-36-20-21(2)3)10-11-29(19-24(33)34)13-12-28(9-7-26)18-23(31)32/h21H,4-20H2,1-3H3,(H,25,30)(H,31,32)(H,33,34). The van der Waals surface area contributed by atoms with Gasteiger partial charge in [0.15, 0.2) is 0 Å². The second-order valence-corrected chi connectivity index (χ2v) is 9.48. The first-order valence-electron chi connectivity index (χ1n) is 12.9. The third kappa shape index (κ3) is 16.8. The van der Waals surface area contributed by atoms with Crippen molar-refractivity contribution in [3.05, 3.63) is 0 Å². The predicted octanol–water partition coefficient (Wildman–Crippen LogP) is -0.797. The molecule has 1 aliphatic rings. The molecule has 0 unspecified atom stereocenters. The van der Waals surface area contributed by atoms with E-state index in [0.29, 0.717) is 84.7 Å². The SMILES string of the molecule is CCN1CCN(CC(=O)O)CCN(CC(=O)O)CCN(CC(=O)NCCOCCOCC(C)C)CC1. The van der Waals surface area contributed by atoms with Gasteiger partial charge in [0.05, 0.1) is 39.5 Å². The highest BCUT2D eigenvalue weighted by Gasteiger charge is 2.19. The van der Waals surface area contributed by atoms with E-state index in [-0.39, 0.29) is 25.5 Å². The highest BCUT2D eigenvalue weighted by Crippen LogP contribution is 2.01. The molecule has 3 N–H and O–H groups in total. The molecule has 1 saturated heterocycles. The lowest BCUT2D eigenvalue weighted by Crippen LogP contribution is -2.49. The minimum absolute atomic E-state index is 0.0700. The van der Waals surface area contributed by atoms with E-state index in [0.717, 1.165) is 13.1 Å². The second-order valence-electron chi connectivity index (χ2n) is 9.48. The third-order valence-electron chi connectivity index (χ3n) is 5.85. The van der Waals surface area contributed by atoms with Crippen molar-refractivity contribution in [2.24, 2.45) is 5.92 Å². The minimum atomic E-state index is -0.928. The van der Waals surface area contributed by atoms with Crippen LogP contribution in [-0.2, 0) is 23.9 Å². The summed E-state index contributed by atoms with van der Waals surface area (Å²) >= 11 is 0. The number of hydrogen-bond acceptors (Lipinski definition) is 9. The van der Waals surface area contributed by atoms with Crippen molar-refractivity contribution in [1.29, 1.82) is 0 Å². The van der Waals surface area contributed by atoms with Crippen LogP contribution in [0.3, 0.4) is 0 Å². The molecule has 1 heterocycles. The fourth-order valence-electron chi connectivity index (χ4n) is 3.81. The summed E-state index contributed by atoms with van der Waals surface area (Å²) in [5.74, 6) is -1.43. The molecule has 12 nitrogen and oxygen atoms in total. The van der Waals surface area contributed by atoms with Crippen molar-refractivity contribution in [3.8, 4) is 0 Å². The zero-order valence-corrected chi connectivity index (χ0v) is 22.3. The van der Waals surface area contributed by atoms with Gasteiger partial charge in [0.25, 0.3) is 0 Å². The number of carboxylic acids is 2. The molecule has 0 aliphatic carbocycles. The van der Waals surface area contributed by atoms with Gasteiger partial charge in [-0.1, -0.05) is 20.8 Å². The van der Waals surface area contributed by atoms with Gasteiger partial charge in [0, 0.05) is 65.5 Å². The van der Waals surface area contributed by atoms with Crippen molar-refractivity contribution in [1.82, 2.24) is 24.9 Å². The van der Waals surface area contributed by atoms with Gasteiger partial charge in [-0.25, -0.2) is 0 Å². The van der Waals surface area contributed by atoms with Gasteiger partial charge in [-0.3, -0.25) is 29.1 Å². The van der Waals surface area contributed by atoms with E-state index < -0.39 is 11.9 Å². The van der Waals surface area contributed by atoms with Gasteiger partial charge in [0.2, 0.25) is 5.91 Å². The Morgan fingerprint density at radius 1 is 0.722 bits per heavy atom. The Morgan fingerprint density at radius 2 is 1.17 bits per heavy atom. The number of amides is 1. The van der Waals surface area contributed by atoms with Crippen LogP contribution in [0, 0.1) is 5.92 Å². The van der Waals surface area contributed by atoms with Crippen LogP contribution < -0.4 is 5.32 Å². The lowest BCUT2D eigenvalue weighted by molar-refractivity contribution is -0.140. The number of carboxylic acid groups (broad SMARTS) is 2. The summed E-state index contributed by atoms with van der Waals surface area (Å²) < 4.78 is 11.0. The zero-order valence-electron chi connectivity index (χ0n) is 22.3. The summed E-state index contributed by atoms with van der Waals surface area (Å²) in [7, 11) is 0. The van der Waals surface area contributed by atoms with Crippen LogP contribution in [0.15, 0.2) is 0 Å². The van der Waals surface area contributed by atoms with E-state index in [1.807, 2.05) is 9.80 Å². The Morgan fingerprint density at radius 3 is 1.61 bits per heavy atom. The molecule has 1 amide bonds. The lowest BCUT2D eigenvalue weighted by atomic mass is 10.2. The maximum Gasteiger partial charge on any atom is 0.317 e. The van der Waals surface area contributed by atoms with E-state index in [4.69, 9.17) is 9.47 Å². The zero-order chi connectivity index (χ0) is 26.8. The average molecular weight is 518 g/mol. The number of ether oxygens (including phenoxy) is 2. The normalized spacial score (nSPS) is 18.0. The van der Waals surface area contributed by atoms with E-state index in [1.165, 1.54) is 0 Å². The summed E-state index contributed by atoms with van der Waals surface area (Å²) in [6, 6.07) is 0. The molecule has 0 spiro atoms. The Kier molecular flexibility index (Phi) is 17.3. The van der Waals surface area contributed by atoms with Crippen molar-refractivity contribution < 1.29 is 34.1 Å². The topological polar surface area (TPSA) is 135 Å². The Balaban J connectivity index is 2.56. The van der Waals surface area contributed by atoms with Gasteiger partial charge in [0.1, 0.15) is 0 Å². The van der Waals surface area contributed by atoms with Crippen LogP contribution >= 0.6 is 0 Å². The fourth-order valence-corrected chi connectivity index (χ4v) is 3.81. The highest BCUT2D eigenvalue weighted by molar-refractivity contribution is 5.78. The molecule has 0 aromatic carbocycles. The number of aliphatic carboxylic acids is 2. The van der Waals surface area contributed by atoms with Gasteiger partial charge in [-0.05, 0) is 12.5 Å². The van der Waals surface area contributed by atoms with Crippen LogP contribution in [0.25, 0.3) is 0 Å². The smallest absolute Gasteiger partial charge is 0.317 e. The number of hydrogen-bond donors (Lipinski definition) is 3. The largest absolute Gasteiger partial charge is 0.480 e. The first-order valence-corrected chi connectivity index (χ1v) is 12.9. The Labute approximate surface area is 215 Å². The predicted molar refractivity (Wildman–Crippen MR) is 136 cm³/mol. The second kappa shape index (κ2) is 19.3. The van der Waals surface area contributed by atoms with Crippen LogP contribution in [0.2, 0.25) is 0 Å². The van der Waals surface area contributed by atoms with Crippen molar-refractivity contribution in [2.75, 3.05) is 112 Å². The van der Waals surface area contributed by atoms with Gasteiger partial charge in [-0.15, -0.1) is 0 Å². The van der Waals surface area contributed by atoms with Crippen LogP contribution in [0.4, 0.5) is 0 Å². The highest BCUT2D eigenvalue weighted by atomic mass is 16.5. The van der Waals surface area contributed by atoms with Crippen molar-refractivity contribution in [2.45, 2.75) is 20.8 Å². The number of nitrogens with one attached hydrogen (secondary N) is 1. The molecule has 1 fully saturated rings. The number of likely N-dealkylation sites (N-methyl/N-ethyl adjacent to an activating group) is 1.